The number of hydrogen-bond donors (Lipinski definition) is 1. The van der Waals surface area contributed by atoms with Gasteiger partial charge >= 0.3 is 0 Å². The molecule has 1 N–H and O–H groups in total. The normalized spacial score (nSPS) is 18.8. The van der Waals surface area contributed by atoms with Gasteiger partial charge in [-0.1, -0.05) is 20.8 Å². The van der Waals surface area contributed by atoms with Crippen molar-refractivity contribution in [2.24, 2.45) is 0 Å². The summed E-state index contributed by atoms with van der Waals surface area (Å²) < 4.78 is 5.20. The van der Waals surface area contributed by atoms with Gasteiger partial charge in [-0.15, -0.1) is 0 Å². The van der Waals surface area contributed by atoms with E-state index in [-0.39, 0.29) is 23.4 Å². The van der Waals surface area contributed by atoms with Crippen molar-refractivity contribution in [2.75, 3.05) is 19.0 Å². The van der Waals surface area contributed by atoms with E-state index in [9.17, 15) is 4.79 Å². The highest BCUT2D eigenvalue weighted by Gasteiger charge is 2.33. The molecule has 0 spiro atoms. The van der Waals surface area contributed by atoms with Crippen LogP contribution in [0, 0.1) is 0 Å². The number of nitrogens with zero attached hydrogens (tertiary/aromatic N) is 3. The van der Waals surface area contributed by atoms with Gasteiger partial charge in [-0.3, -0.25) is 4.79 Å². The summed E-state index contributed by atoms with van der Waals surface area (Å²) in [5.74, 6) is 1.59. The van der Waals surface area contributed by atoms with Gasteiger partial charge in [-0.25, -0.2) is 9.97 Å². The van der Waals surface area contributed by atoms with E-state index in [0.29, 0.717) is 12.4 Å². The highest BCUT2D eigenvalue weighted by Crippen LogP contribution is 2.23. The molecule has 1 saturated heterocycles. The highest BCUT2D eigenvalue weighted by atomic mass is 16.5. The molecule has 0 saturated carbocycles. The van der Waals surface area contributed by atoms with Gasteiger partial charge in [-0.05, 0) is 20.3 Å². The Balaban J connectivity index is 2.22. The zero-order valence-corrected chi connectivity index (χ0v) is 15.0. The SMILES string of the molecule is COCc1cc(NC2CCN(C(C)C)C2=O)nc(C(C)(C)C)n1. The summed E-state index contributed by atoms with van der Waals surface area (Å²) in [4.78, 5) is 23.5. The van der Waals surface area contributed by atoms with E-state index in [1.165, 1.54) is 0 Å². The van der Waals surface area contributed by atoms with Gasteiger partial charge in [0, 0.05) is 31.2 Å². The third-order valence-electron chi connectivity index (χ3n) is 3.93. The van der Waals surface area contributed by atoms with E-state index in [0.717, 1.165) is 24.5 Å². The Hall–Kier alpha value is -1.69. The molecule has 6 nitrogen and oxygen atoms in total. The molecule has 0 radical (unpaired) electrons. The van der Waals surface area contributed by atoms with Crippen molar-refractivity contribution >= 4 is 11.7 Å². The lowest BCUT2D eigenvalue weighted by molar-refractivity contribution is -0.129. The van der Waals surface area contributed by atoms with Crippen molar-refractivity contribution in [2.45, 2.75) is 65.1 Å². The average molecular weight is 320 g/mol. The van der Waals surface area contributed by atoms with Gasteiger partial charge in [0.2, 0.25) is 5.91 Å². The molecule has 0 aliphatic carbocycles. The molecule has 1 fully saturated rings. The molecule has 2 heterocycles. The number of ether oxygens (including phenoxy) is 1. The number of methoxy groups -OCH3 is 1. The molecule has 1 unspecified atom stereocenters. The number of rotatable bonds is 5. The van der Waals surface area contributed by atoms with Crippen LogP contribution in [0.2, 0.25) is 0 Å². The molecule has 2 rings (SSSR count). The minimum absolute atomic E-state index is 0.143. The minimum atomic E-state index is -0.212. The average Bonchev–Trinajstić information content (AvgIpc) is 2.79. The monoisotopic (exact) mass is 320 g/mol. The van der Waals surface area contributed by atoms with Crippen LogP contribution in [-0.4, -0.2) is 46.5 Å². The van der Waals surface area contributed by atoms with Gasteiger partial charge in [0.15, 0.2) is 0 Å². The van der Waals surface area contributed by atoms with Crippen molar-refractivity contribution in [1.82, 2.24) is 14.9 Å². The molecule has 1 aliphatic rings. The number of carbonyl (C=O) groups excluding carboxylic acids is 1. The van der Waals surface area contributed by atoms with Crippen molar-refractivity contribution in [3.8, 4) is 0 Å². The van der Waals surface area contributed by atoms with Crippen LogP contribution in [0.5, 0.6) is 0 Å². The predicted molar refractivity (Wildman–Crippen MR) is 90.3 cm³/mol. The fourth-order valence-electron chi connectivity index (χ4n) is 2.66. The molecule has 128 valence electrons. The summed E-state index contributed by atoms with van der Waals surface area (Å²) in [6.45, 7) is 11.5. The molecule has 0 aromatic carbocycles. The highest BCUT2D eigenvalue weighted by molar-refractivity contribution is 5.86. The van der Waals surface area contributed by atoms with E-state index in [1.807, 2.05) is 24.8 Å². The Bertz CT molecular complexity index is 566. The lowest BCUT2D eigenvalue weighted by Crippen LogP contribution is -2.37. The molecular formula is C17H28N4O2. The first-order valence-electron chi connectivity index (χ1n) is 8.16. The van der Waals surface area contributed by atoms with E-state index < -0.39 is 0 Å². The lowest BCUT2D eigenvalue weighted by atomic mass is 9.95. The minimum Gasteiger partial charge on any atom is -0.378 e. The van der Waals surface area contributed by atoms with E-state index >= 15 is 0 Å². The summed E-state index contributed by atoms with van der Waals surface area (Å²) in [6, 6.07) is 1.88. The molecule has 1 aromatic rings. The maximum absolute atomic E-state index is 12.4. The molecule has 1 amide bonds. The van der Waals surface area contributed by atoms with Gasteiger partial charge in [-0.2, -0.15) is 0 Å². The maximum atomic E-state index is 12.4. The first-order chi connectivity index (χ1) is 10.7. The molecule has 23 heavy (non-hydrogen) atoms. The molecule has 0 bridgehead atoms. The van der Waals surface area contributed by atoms with Gasteiger partial charge < -0.3 is 15.0 Å². The Labute approximate surface area is 138 Å². The van der Waals surface area contributed by atoms with E-state index in [1.54, 1.807) is 7.11 Å². The Kier molecular flexibility index (Phi) is 5.24. The van der Waals surface area contributed by atoms with Crippen molar-refractivity contribution in [3.63, 3.8) is 0 Å². The fourth-order valence-corrected chi connectivity index (χ4v) is 2.66. The maximum Gasteiger partial charge on any atom is 0.245 e. The summed E-state index contributed by atoms with van der Waals surface area (Å²) in [5, 5.41) is 3.29. The van der Waals surface area contributed by atoms with Crippen LogP contribution in [0.3, 0.4) is 0 Å². The molecular weight excluding hydrogens is 292 g/mol. The number of anilines is 1. The summed E-state index contributed by atoms with van der Waals surface area (Å²) in [5.41, 5.74) is 0.658. The zero-order chi connectivity index (χ0) is 17.2. The Morgan fingerprint density at radius 2 is 2.09 bits per heavy atom. The molecule has 1 aliphatic heterocycles. The number of likely N-dealkylation sites (tertiary alicyclic amines) is 1. The summed E-state index contributed by atoms with van der Waals surface area (Å²) >= 11 is 0. The second-order valence-corrected chi connectivity index (χ2v) is 7.36. The van der Waals surface area contributed by atoms with Gasteiger partial charge in [0.1, 0.15) is 17.7 Å². The Morgan fingerprint density at radius 1 is 1.39 bits per heavy atom. The van der Waals surface area contributed by atoms with Gasteiger partial charge in [0.05, 0.1) is 12.3 Å². The second kappa shape index (κ2) is 6.83. The quantitative estimate of drug-likeness (QED) is 0.902. The second-order valence-electron chi connectivity index (χ2n) is 7.36. The van der Waals surface area contributed by atoms with Crippen LogP contribution in [0.25, 0.3) is 0 Å². The van der Waals surface area contributed by atoms with Crippen LogP contribution < -0.4 is 5.32 Å². The molecule has 1 aromatic heterocycles. The predicted octanol–water partition coefficient (Wildman–Crippen LogP) is 2.34. The summed E-state index contributed by atoms with van der Waals surface area (Å²) in [6.07, 6.45) is 0.797. The third kappa shape index (κ3) is 4.19. The van der Waals surface area contributed by atoms with Crippen molar-refractivity contribution in [3.05, 3.63) is 17.6 Å². The first kappa shape index (κ1) is 17.7. The molecule has 6 heteroatoms. The van der Waals surface area contributed by atoms with Crippen molar-refractivity contribution in [1.29, 1.82) is 0 Å². The number of amides is 1. The van der Waals surface area contributed by atoms with Crippen LogP contribution >= 0.6 is 0 Å². The topological polar surface area (TPSA) is 67.3 Å². The smallest absolute Gasteiger partial charge is 0.245 e. The fraction of sp³-hybridized carbons (Fsp3) is 0.706. The Morgan fingerprint density at radius 3 is 2.61 bits per heavy atom. The summed E-state index contributed by atoms with van der Waals surface area (Å²) in [7, 11) is 1.65. The van der Waals surface area contributed by atoms with Crippen LogP contribution in [0.1, 0.15) is 52.6 Å². The number of hydrogen-bond acceptors (Lipinski definition) is 5. The first-order valence-corrected chi connectivity index (χ1v) is 8.16. The van der Waals surface area contributed by atoms with Crippen LogP contribution in [0.4, 0.5) is 5.82 Å². The van der Waals surface area contributed by atoms with Crippen molar-refractivity contribution < 1.29 is 9.53 Å². The number of nitrogens with one attached hydrogen (secondary N) is 1. The lowest BCUT2D eigenvalue weighted by Gasteiger charge is -2.22. The standard InChI is InChI=1S/C17H28N4O2/c1-11(2)21-8-7-13(15(21)22)19-14-9-12(10-23-6)18-16(20-14)17(3,4)5/h9,11,13H,7-8,10H2,1-6H3,(H,18,19,20). The van der Waals surface area contributed by atoms with E-state index in [4.69, 9.17) is 4.74 Å². The van der Waals surface area contributed by atoms with E-state index in [2.05, 4.69) is 36.1 Å². The third-order valence-corrected chi connectivity index (χ3v) is 3.93. The van der Waals surface area contributed by atoms with Gasteiger partial charge in [0.25, 0.3) is 0 Å². The number of carbonyl (C=O) groups is 1. The molecule has 1 atom stereocenters. The largest absolute Gasteiger partial charge is 0.378 e. The zero-order valence-electron chi connectivity index (χ0n) is 15.0. The number of aromatic nitrogens is 2. The van der Waals surface area contributed by atoms with Crippen LogP contribution in [-0.2, 0) is 21.6 Å². The van der Waals surface area contributed by atoms with Crippen LogP contribution in [0.15, 0.2) is 6.07 Å².